The van der Waals surface area contributed by atoms with Gasteiger partial charge in [-0.2, -0.15) is 15.3 Å². The number of hydrogen-bond acceptors (Lipinski definition) is 10. The Balaban J connectivity index is 0.000000696. The second kappa shape index (κ2) is 12.4. The molecule has 0 amide bonds. The Morgan fingerprint density at radius 3 is 2.58 bits per heavy atom. The number of rotatable bonds is 8. The minimum atomic E-state index is 0.0926. The van der Waals surface area contributed by atoms with Crippen molar-refractivity contribution in [3.8, 4) is 23.4 Å². The van der Waals surface area contributed by atoms with Crippen LogP contribution in [-0.4, -0.2) is 77.3 Å². The molecule has 0 unspecified atom stereocenters. The Hall–Kier alpha value is -3.59. The van der Waals surface area contributed by atoms with Crippen molar-refractivity contribution in [2.75, 3.05) is 58.1 Å². The second-order valence-corrected chi connectivity index (χ2v) is 7.21. The molecule has 0 saturated carbocycles. The van der Waals surface area contributed by atoms with Crippen molar-refractivity contribution in [3.63, 3.8) is 0 Å². The van der Waals surface area contributed by atoms with Crippen LogP contribution in [0.2, 0.25) is 0 Å². The van der Waals surface area contributed by atoms with Gasteiger partial charge < -0.3 is 25.8 Å². The van der Waals surface area contributed by atoms with Gasteiger partial charge in [-0.3, -0.25) is 0 Å². The van der Waals surface area contributed by atoms with Crippen LogP contribution in [0.4, 0.5) is 11.6 Å². The minimum Gasteiger partial charge on any atom is -0.395 e. The fraction of sp³-hybridized carbons (Fsp3) is 0.409. The van der Waals surface area contributed by atoms with Crippen molar-refractivity contribution in [1.82, 2.24) is 30.0 Å². The highest BCUT2D eigenvalue weighted by molar-refractivity contribution is 5.71. The molecule has 4 N–H and O–H groups in total. The van der Waals surface area contributed by atoms with Crippen molar-refractivity contribution in [2.45, 2.75) is 13.8 Å². The summed E-state index contributed by atoms with van der Waals surface area (Å²) < 4.78 is 6.72. The molecule has 0 aromatic carbocycles. The first kappa shape index (κ1) is 25.7. The Bertz CT molecular complexity index is 1090. The van der Waals surface area contributed by atoms with E-state index in [0.717, 1.165) is 17.2 Å². The van der Waals surface area contributed by atoms with Gasteiger partial charge in [0.15, 0.2) is 0 Å². The van der Waals surface area contributed by atoms with Crippen LogP contribution in [0.5, 0.6) is 0 Å². The van der Waals surface area contributed by atoms with Gasteiger partial charge in [-0.1, -0.05) is 6.07 Å². The number of nitrogen functional groups attached to an aromatic ring is 1. The molecule has 11 nitrogen and oxygen atoms in total. The summed E-state index contributed by atoms with van der Waals surface area (Å²) >= 11 is 0. The number of likely N-dealkylation sites (N-methyl/N-ethyl adjacent to an activating group) is 2. The normalized spacial score (nSPS) is 10.3. The van der Waals surface area contributed by atoms with Gasteiger partial charge in [0.2, 0.25) is 0 Å². The van der Waals surface area contributed by atoms with Crippen LogP contribution in [0.25, 0.3) is 17.3 Å². The van der Waals surface area contributed by atoms with Gasteiger partial charge in [0.05, 0.1) is 24.6 Å². The zero-order valence-electron chi connectivity index (χ0n) is 19.7. The Labute approximate surface area is 193 Å². The lowest BCUT2D eigenvalue weighted by atomic mass is 10.1. The lowest BCUT2D eigenvalue weighted by Crippen LogP contribution is -2.23. The highest BCUT2D eigenvalue weighted by atomic mass is 16.5. The Morgan fingerprint density at radius 1 is 1.27 bits per heavy atom. The number of nitriles is 1. The number of nitrogens with two attached hydrogens (primary N) is 1. The summed E-state index contributed by atoms with van der Waals surface area (Å²) in [6, 6.07) is 9.55. The highest BCUT2D eigenvalue weighted by Gasteiger charge is 2.18. The second-order valence-electron chi connectivity index (χ2n) is 7.21. The predicted octanol–water partition coefficient (Wildman–Crippen LogP) is 1.08. The third kappa shape index (κ3) is 6.69. The minimum absolute atomic E-state index is 0.0926. The van der Waals surface area contributed by atoms with Gasteiger partial charge in [0.1, 0.15) is 29.0 Å². The van der Waals surface area contributed by atoms with E-state index in [1.165, 1.54) is 0 Å². The zero-order valence-corrected chi connectivity index (χ0v) is 19.7. The van der Waals surface area contributed by atoms with Crippen LogP contribution < -0.4 is 16.0 Å². The molecular formula is C22H31N9O2. The SMILES string of the molecule is CNCCO.COCCN(C)c1cccc(-c2nc(-n3nc(C)cc3C)nc(N)c2C#N)n1. The zero-order chi connectivity index (χ0) is 24.4. The van der Waals surface area contributed by atoms with Gasteiger partial charge in [0, 0.05) is 32.9 Å². The van der Waals surface area contributed by atoms with E-state index in [1.807, 2.05) is 44.0 Å². The number of hydrogen-bond donors (Lipinski definition) is 3. The predicted molar refractivity (Wildman–Crippen MR) is 127 cm³/mol. The summed E-state index contributed by atoms with van der Waals surface area (Å²) in [7, 11) is 5.38. The van der Waals surface area contributed by atoms with Crippen LogP contribution in [-0.2, 0) is 4.74 Å². The van der Waals surface area contributed by atoms with Gasteiger partial charge in [-0.25, -0.2) is 14.6 Å². The Morgan fingerprint density at radius 2 is 2.03 bits per heavy atom. The maximum atomic E-state index is 9.59. The number of aryl methyl sites for hydroxylation is 2. The number of aliphatic hydroxyl groups excluding tert-OH is 1. The molecule has 0 fully saturated rings. The lowest BCUT2D eigenvalue weighted by molar-refractivity contribution is 0.206. The molecule has 3 heterocycles. The summed E-state index contributed by atoms with van der Waals surface area (Å²) in [5.74, 6) is 1.13. The number of nitrogens with one attached hydrogen (secondary N) is 1. The van der Waals surface area contributed by atoms with Crippen molar-refractivity contribution in [3.05, 3.63) is 41.2 Å². The molecule has 33 heavy (non-hydrogen) atoms. The highest BCUT2D eigenvalue weighted by Crippen LogP contribution is 2.26. The van der Waals surface area contributed by atoms with Gasteiger partial charge in [-0.15, -0.1) is 0 Å². The van der Waals surface area contributed by atoms with Crippen molar-refractivity contribution < 1.29 is 9.84 Å². The average Bonchev–Trinajstić information content (AvgIpc) is 3.15. The van der Waals surface area contributed by atoms with E-state index < -0.39 is 0 Å². The van der Waals surface area contributed by atoms with E-state index in [1.54, 1.807) is 24.9 Å². The summed E-state index contributed by atoms with van der Waals surface area (Å²) in [6.45, 7) is 5.98. The topological polar surface area (TPSA) is 151 Å². The molecule has 0 aliphatic heterocycles. The monoisotopic (exact) mass is 453 g/mol. The smallest absolute Gasteiger partial charge is 0.253 e. The molecule has 0 spiro atoms. The molecule has 0 bridgehead atoms. The fourth-order valence-corrected chi connectivity index (χ4v) is 2.91. The van der Waals surface area contributed by atoms with E-state index in [-0.39, 0.29) is 18.0 Å². The molecule has 3 aromatic heterocycles. The fourth-order valence-electron chi connectivity index (χ4n) is 2.91. The number of aliphatic hydroxyl groups is 1. The van der Waals surface area contributed by atoms with E-state index in [0.29, 0.717) is 37.0 Å². The van der Waals surface area contributed by atoms with Crippen LogP contribution in [0, 0.1) is 25.2 Å². The summed E-state index contributed by atoms with van der Waals surface area (Å²) in [4.78, 5) is 15.4. The number of aromatic nitrogens is 5. The van der Waals surface area contributed by atoms with Crippen LogP contribution in [0.3, 0.4) is 0 Å². The molecule has 0 radical (unpaired) electrons. The van der Waals surface area contributed by atoms with Gasteiger partial charge >= 0.3 is 0 Å². The third-order valence-corrected chi connectivity index (χ3v) is 4.60. The lowest BCUT2D eigenvalue weighted by Gasteiger charge is -2.18. The molecule has 176 valence electrons. The van der Waals surface area contributed by atoms with Crippen molar-refractivity contribution in [2.24, 2.45) is 0 Å². The van der Waals surface area contributed by atoms with E-state index in [9.17, 15) is 5.26 Å². The molecule has 0 saturated heterocycles. The number of nitrogens with zero attached hydrogens (tertiary/aromatic N) is 7. The van der Waals surface area contributed by atoms with Crippen LogP contribution in [0.1, 0.15) is 17.0 Å². The summed E-state index contributed by atoms with van der Waals surface area (Å²) in [6.07, 6.45) is 0. The first-order valence-corrected chi connectivity index (χ1v) is 10.4. The van der Waals surface area contributed by atoms with E-state index >= 15 is 0 Å². The number of pyridine rings is 1. The number of anilines is 2. The molecule has 3 aromatic rings. The standard InChI is InChI=1S/C19H22N8O.C3H9NO/c1-12-10-13(2)27(25-12)19-23-17(14(11-20)18(21)24-19)15-6-5-7-16(22-15)26(3)8-9-28-4;1-4-2-3-5/h5-7,10H,8-9H2,1-4H3,(H2,21,23,24);4-5H,2-3H2,1H3. The van der Waals surface area contributed by atoms with Crippen LogP contribution in [0.15, 0.2) is 24.3 Å². The summed E-state index contributed by atoms with van der Waals surface area (Å²) in [5, 5.41) is 24.8. The summed E-state index contributed by atoms with van der Waals surface area (Å²) in [5.41, 5.74) is 8.87. The molecule has 0 atom stereocenters. The maximum Gasteiger partial charge on any atom is 0.253 e. The molecule has 11 heteroatoms. The van der Waals surface area contributed by atoms with Gasteiger partial charge in [0.25, 0.3) is 5.95 Å². The molecular weight excluding hydrogens is 422 g/mol. The number of methoxy groups -OCH3 is 1. The maximum absolute atomic E-state index is 9.59. The van der Waals surface area contributed by atoms with E-state index in [2.05, 4.69) is 31.4 Å². The third-order valence-electron chi connectivity index (χ3n) is 4.60. The van der Waals surface area contributed by atoms with Gasteiger partial charge in [-0.05, 0) is 39.1 Å². The molecule has 0 aliphatic carbocycles. The number of ether oxygens (including phenoxy) is 1. The van der Waals surface area contributed by atoms with E-state index in [4.69, 9.17) is 15.6 Å². The Kier molecular flexibility index (Phi) is 9.68. The average molecular weight is 454 g/mol. The molecule has 3 rings (SSSR count). The first-order valence-electron chi connectivity index (χ1n) is 10.4. The first-order chi connectivity index (χ1) is 15.9. The van der Waals surface area contributed by atoms with Crippen molar-refractivity contribution >= 4 is 11.6 Å². The molecule has 0 aliphatic rings. The largest absolute Gasteiger partial charge is 0.395 e. The quantitative estimate of drug-likeness (QED) is 0.452. The van der Waals surface area contributed by atoms with Crippen molar-refractivity contribution in [1.29, 1.82) is 5.26 Å². The van der Waals surface area contributed by atoms with Crippen LogP contribution >= 0.6 is 0 Å².